The van der Waals surface area contributed by atoms with Gasteiger partial charge >= 0.3 is 0 Å². The van der Waals surface area contributed by atoms with Crippen LogP contribution in [0.1, 0.15) is 35.9 Å². The third kappa shape index (κ3) is 4.91. The summed E-state index contributed by atoms with van der Waals surface area (Å²) in [6, 6.07) is 15.8. The van der Waals surface area contributed by atoms with Crippen molar-refractivity contribution in [2.75, 3.05) is 20.1 Å². The first-order chi connectivity index (χ1) is 16.9. The summed E-state index contributed by atoms with van der Waals surface area (Å²) < 4.78 is 8.01. The van der Waals surface area contributed by atoms with E-state index in [-0.39, 0.29) is 13.4 Å². The van der Waals surface area contributed by atoms with Crippen LogP contribution in [0.25, 0.3) is 22.2 Å². The molecule has 0 aliphatic carbocycles. The number of aryl methyl sites for hydroxylation is 3. The van der Waals surface area contributed by atoms with Gasteiger partial charge in [0.2, 0.25) is 0 Å². The number of nitrogens with one attached hydrogen (secondary N) is 1. The number of benzene rings is 2. The normalized spacial score (nSPS) is 16.4. The molecule has 1 aliphatic rings. The fourth-order valence-corrected chi connectivity index (χ4v) is 4.88. The van der Waals surface area contributed by atoms with Crippen molar-refractivity contribution in [2.24, 2.45) is 7.05 Å². The molecule has 0 saturated carbocycles. The van der Waals surface area contributed by atoms with Crippen LogP contribution in [0.3, 0.4) is 0 Å². The quantitative estimate of drug-likeness (QED) is 0.438. The summed E-state index contributed by atoms with van der Waals surface area (Å²) in [5, 5.41) is 8.79. The highest BCUT2D eigenvalue weighted by Gasteiger charge is 2.20. The number of aromatic nitrogens is 3. The lowest BCUT2D eigenvalue weighted by Crippen LogP contribution is -2.46. The highest BCUT2D eigenvalue weighted by atomic mass is 16.5. The standard InChI is InChI=1S/C28H31N5O2.H2/c1-18-14-20(7-9-24(18)28(34)30-21-6-5-13-32(3)17-21)26-15-23(11-12-29-26)35-22-8-10-25-19(2)31-33(4)27(25)16-22;/h7-12,14-16,21H,5-6,13,17H2,1-4H3,(H,30,34);1H. The Bertz CT molecular complexity index is 1400. The van der Waals surface area contributed by atoms with Crippen molar-refractivity contribution in [3.05, 3.63) is 71.5 Å². The second-order valence-corrected chi connectivity index (χ2v) is 9.47. The van der Waals surface area contributed by atoms with Gasteiger partial charge in [0.25, 0.3) is 5.91 Å². The van der Waals surface area contributed by atoms with E-state index in [1.54, 1.807) is 6.20 Å². The Balaban J connectivity index is 0.00000304. The number of likely N-dealkylation sites (tertiary alicyclic amines) is 1. The summed E-state index contributed by atoms with van der Waals surface area (Å²) in [4.78, 5) is 19.7. The zero-order valence-corrected chi connectivity index (χ0v) is 20.7. The van der Waals surface area contributed by atoms with Gasteiger partial charge in [-0.25, -0.2) is 0 Å². The zero-order valence-electron chi connectivity index (χ0n) is 20.7. The number of piperidine rings is 1. The number of rotatable bonds is 5. The van der Waals surface area contributed by atoms with E-state index >= 15 is 0 Å². The first kappa shape index (κ1) is 23.1. The monoisotopic (exact) mass is 471 g/mol. The lowest BCUT2D eigenvalue weighted by Gasteiger charge is -2.30. The van der Waals surface area contributed by atoms with E-state index in [1.807, 2.05) is 74.1 Å². The number of pyridine rings is 1. The number of amides is 1. The van der Waals surface area contributed by atoms with E-state index in [0.717, 1.165) is 65.1 Å². The number of hydrogen-bond donors (Lipinski definition) is 1. The molecule has 5 rings (SSSR count). The number of likely N-dealkylation sites (N-methyl/N-ethyl adjacent to an activating group) is 1. The average Bonchev–Trinajstić information content (AvgIpc) is 3.12. The van der Waals surface area contributed by atoms with Crippen LogP contribution in [0.2, 0.25) is 0 Å². The van der Waals surface area contributed by atoms with Gasteiger partial charge in [0, 0.05) is 55.9 Å². The van der Waals surface area contributed by atoms with Crippen molar-refractivity contribution < 1.29 is 11.0 Å². The van der Waals surface area contributed by atoms with E-state index in [0.29, 0.717) is 11.3 Å². The van der Waals surface area contributed by atoms with Crippen LogP contribution >= 0.6 is 0 Å². The van der Waals surface area contributed by atoms with Gasteiger partial charge in [-0.05, 0) is 76.2 Å². The molecule has 2 aromatic carbocycles. The molecule has 0 radical (unpaired) electrons. The van der Waals surface area contributed by atoms with Gasteiger partial charge < -0.3 is 15.0 Å². The number of ether oxygens (including phenoxy) is 1. The molecular weight excluding hydrogens is 438 g/mol. The van der Waals surface area contributed by atoms with E-state index in [1.165, 1.54) is 0 Å². The molecule has 0 bridgehead atoms. The van der Waals surface area contributed by atoms with E-state index < -0.39 is 0 Å². The van der Waals surface area contributed by atoms with Gasteiger partial charge in [-0.3, -0.25) is 14.5 Å². The summed E-state index contributed by atoms with van der Waals surface area (Å²) in [6.07, 6.45) is 3.88. The van der Waals surface area contributed by atoms with Gasteiger partial charge in [0.05, 0.1) is 16.9 Å². The Kier molecular flexibility index (Phi) is 6.26. The van der Waals surface area contributed by atoms with Crippen molar-refractivity contribution in [3.63, 3.8) is 0 Å². The minimum atomic E-state index is -0.0137. The van der Waals surface area contributed by atoms with E-state index in [4.69, 9.17) is 4.74 Å². The molecule has 7 nitrogen and oxygen atoms in total. The van der Waals surface area contributed by atoms with Crippen LogP contribution < -0.4 is 10.1 Å². The zero-order chi connectivity index (χ0) is 24.5. The van der Waals surface area contributed by atoms with Crippen molar-refractivity contribution in [3.8, 4) is 22.8 Å². The topological polar surface area (TPSA) is 72.3 Å². The predicted molar refractivity (Wildman–Crippen MR) is 140 cm³/mol. The Labute approximate surface area is 207 Å². The SMILES string of the molecule is Cc1cc(-c2cc(Oc3ccc4c(C)nn(C)c4c3)ccn2)ccc1C(=O)NC1CCCN(C)C1.[HH]. The molecule has 1 aliphatic heterocycles. The molecule has 1 amide bonds. The molecule has 1 unspecified atom stereocenters. The third-order valence-electron chi connectivity index (χ3n) is 6.70. The molecule has 3 heterocycles. The minimum Gasteiger partial charge on any atom is -0.457 e. The molecule has 2 aromatic heterocycles. The van der Waals surface area contributed by atoms with Crippen molar-refractivity contribution >= 4 is 16.8 Å². The molecule has 1 atom stereocenters. The van der Waals surface area contributed by atoms with Gasteiger partial charge in [-0.2, -0.15) is 5.10 Å². The number of carbonyl (C=O) groups is 1. The van der Waals surface area contributed by atoms with Crippen LogP contribution in [-0.4, -0.2) is 51.8 Å². The Morgan fingerprint density at radius 3 is 2.71 bits per heavy atom. The van der Waals surface area contributed by atoms with Gasteiger partial charge in [-0.15, -0.1) is 0 Å². The molecule has 7 heteroatoms. The van der Waals surface area contributed by atoms with Gasteiger partial charge in [0.1, 0.15) is 11.5 Å². The summed E-state index contributed by atoms with van der Waals surface area (Å²) in [5.41, 5.74) is 5.39. The number of fused-ring (bicyclic) bond motifs is 1. The van der Waals surface area contributed by atoms with E-state index in [9.17, 15) is 4.79 Å². The summed E-state index contributed by atoms with van der Waals surface area (Å²) in [7, 11) is 4.03. The van der Waals surface area contributed by atoms with Gasteiger partial charge in [-0.1, -0.05) is 6.07 Å². The first-order valence-electron chi connectivity index (χ1n) is 12.0. The Morgan fingerprint density at radius 2 is 1.91 bits per heavy atom. The van der Waals surface area contributed by atoms with Crippen LogP contribution in [-0.2, 0) is 7.05 Å². The number of carbonyl (C=O) groups excluding carboxylic acids is 1. The maximum Gasteiger partial charge on any atom is 0.251 e. The fraction of sp³-hybridized carbons (Fsp3) is 0.321. The molecule has 4 aromatic rings. The summed E-state index contributed by atoms with van der Waals surface area (Å²) in [6.45, 7) is 5.96. The number of hydrogen-bond acceptors (Lipinski definition) is 5. The predicted octanol–water partition coefficient (Wildman–Crippen LogP) is 5.11. The van der Waals surface area contributed by atoms with Crippen LogP contribution in [0.15, 0.2) is 54.7 Å². The maximum atomic E-state index is 12.9. The molecular formula is C28H33N5O2. The average molecular weight is 472 g/mol. The summed E-state index contributed by atoms with van der Waals surface area (Å²) >= 11 is 0. The van der Waals surface area contributed by atoms with Crippen molar-refractivity contribution in [1.29, 1.82) is 0 Å². The highest BCUT2D eigenvalue weighted by Crippen LogP contribution is 2.29. The second-order valence-electron chi connectivity index (χ2n) is 9.47. The van der Waals surface area contributed by atoms with Crippen LogP contribution in [0.4, 0.5) is 0 Å². The van der Waals surface area contributed by atoms with Crippen molar-refractivity contribution in [1.82, 2.24) is 25.0 Å². The van der Waals surface area contributed by atoms with Gasteiger partial charge in [0.15, 0.2) is 0 Å². The molecule has 1 N–H and O–H groups in total. The smallest absolute Gasteiger partial charge is 0.251 e. The lowest BCUT2D eigenvalue weighted by molar-refractivity contribution is 0.0912. The largest absolute Gasteiger partial charge is 0.457 e. The molecule has 35 heavy (non-hydrogen) atoms. The molecule has 1 fully saturated rings. The summed E-state index contributed by atoms with van der Waals surface area (Å²) in [5.74, 6) is 1.43. The third-order valence-corrected chi connectivity index (χ3v) is 6.70. The van der Waals surface area contributed by atoms with Crippen LogP contribution in [0.5, 0.6) is 11.5 Å². The maximum absolute atomic E-state index is 12.9. The minimum absolute atomic E-state index is 0. The molecule has 0 spiro atoms. The first-order valence-corrected chi connectivity index (χ1v) is 12.0. The number of nitrogens with zero attached hydrogens (tertiary/aromatic N) is 4. The Hall–Kier alpha value is -3.71. The second kappa shape index (κ2) is 9.50. The fourth-order valence-electron chi connectivity index (χ4n) is 4.88. The lowest BCUT2D eigenvalue weighted by atomic mass is 10.0. The molecule has 182 valence electrons. The Morgan fingerprint density at radius 1 is 1.09 bits per heavy atom. The van der Waals surface area contributed by atoms with E-state index in [2.05, 4.69) is 27.3 Å². The van der Waals surface area contributed by atoms with Crippen LogP contribution in [0, 0.1) is 13.8 Å². The highest BCUT2D eigenvalue weighted by molar-refractivity contribution is 5.96. The van der Waals surface area contributed by atoms with Crippen molar-refractivity contribution in [2.45, 2.75) is 32.7 Å². The molecule has 1 saturated heterocycles.